The number of carbonyl (C=O) groups is 1. The van der Waals surface area contributed by atoms with Gasteiger partial charge in [-0.2, -0.15) is 0 Å². The van der Waals surface area contributed by atoms with Gasteiger partial charge in [0.2, 0.25) is 11.9 Å². The number of benzene rings is 1. The highest BCUT2D eigenvalue weighted by Gasteiger charge is 2.26. The van der Waals surface area contributed by atoms with Gasteiger partial charge in [-0.15, -0.1) is 11.8 Å². The predicted octanol–water partition coefficient (Wildman–Crippen LogP) is 2.99. The molecule has 132 valence electrons. The van der Waals surface area contributed by atoms with E-state index in [1.165, 1.54) is 4.90 Å². The van der Waals surface area contributed by atoms with Crippen LogP contribution in [0.25, 0.3) is 0 Å². The molecule has 0 radical (unpaired) electrons. The first-order valence-electron chi connectivity index (χ1n) is 8.80. The van der Waals surface area contributed by atoms with E-state index in [2.05, 4.69) is 44.5 Å². The van der Waals surface area contributed by atoms with Crippen molar-refractivity contribution in [1.82, 2.24) is 15.3 Å². The normalized spacial score (nSPS) is 17.3. The number of carbonyl (C=O) groups excluding carboxylic acids is 1. The summed E-state index contributed by atoms with van der Waals surface area (Å²) in [6, 6.07) is 12.2. The second kappa shape index (κ2) is 9.42. The zero-order valence-electron chi connectivity index (χ0n) is 14.3. The summed E-state index contributed by atoms with van der Waals surface area (Å²) in [5, 5.41) is 3.09. The molecule has 1 aliphatic rings. The van der Waals surface area contributed by atoms with Crippen LogP contribution in [-0.2, 0) is 4.79 Å². The maximum atomic E-state index is 12.4. The number of aromatic nitrogens is 2. The molecule has 1 amide bonds. The Balaban J connectivity index is 1.38. The van der Waals surface area contributed by atoms with Crippen molar-refractivity contribution in [2.75, 3.05) is 30.3 Å². The van der Waals surface area contributed by atoms with Crippen LogP contribution in [0.4, 0.5) is 5.95 Å². The molecule has 1 aliphatic heterocycles. The molecule has 5 nitrogen and oxygen atoms in total. The molecule has 2 heterocycles. The van der Waals surface area contributed by atoms with Gasteiger partial charge in [-0.05, 0) is 43.2 Å². The minimum absolute atomic E-state index is 0.0272. The number of piperidine rings is 1. The molecule has 1 unspecified atom stereocenters. The van der Waals surface area contributed by atoms with Crippen molar-refractivity contribution < 1.29 is 4.79 Å². The lowest BCUT2D eigenvalue weighted by atomic mass is 9.97. The number of rotatable bonds is 7. The van der Waals surface area contributed by atoms with Gasteiger partial charge in [-0.3, -0.25) is 4.79 Å². The third kappa shape index (κ3) is 5.46. The summed E-state index contributed by atoms with van der Waals surface area (Å²) >= 11 is 1.83. The fourth-order valence-electron chi connectivity index (χ4n) is 2.96. The minimum Gasteiger partial charge on any atom is -0.356 e. The molecule has 1 atom stereocenters. The van der Waals surface area contributed by atoms with E-state index in [-0.39, 0.29) is 11.8 Å². The lowest BCUT2D eigenvalue weighted by Crippen LogP contribution is -2.43. The summed E-state index contributed by atoms with van der Waals surface area (Å²) in [5.41, 5.74) is 0. The lowest BCUT2D eigenvalue weighted by molar-refractivity contribution is -0.125. The molecule has 0 saturated carbocycles. The number of thioether (sulfide) groups is 1. The first kappa shape index (κ1) is 17.7. The van der Waals surface area contributed by atoms with Crippen LogP contribution in [0.2, 0.25) is 0 Å². The molecule has 0 bridgehead atoms. The highest BCUT2D eigenvalue weighted by Crippen LogP contribution is 2.20. The third-order valence-electron chi connectivity index (χ3n) is 4.26. The van der Waals surface area contributed by atoms with E-state index < -0.39 is 0 Å². The largest absolute Gasteiger partial charge is 0.356 e. The molecule has 0 aliphatic carbocycles. The summed E-state index contributed by atoms with van der Waals surface area (Å²) in [7, 11) is 0. The molecular formula is C19H24N4OS. The van der Waals surface area contributed by atoms with Crippen LogP contribution < -0.4 is 10.2 Å². The number of hydrogen-bond acceptors (Lipinski definition) is 5. The van der Waals surface area contributed by atoms with Crippen LogP contribution in [0, 0.1) is 5.92 Å². The first-order valence-corrected chi connectivity index (χ1v) is 9.79. The maximum Gasteiger partial charge on any atom is 0.225 e. The summed E-state index contributed by atoms with van der Waals surface area (Å²) in [6.45, 7) is 2.35. The third-order valence-corrected chi connectivity index (χ3v) is 5.36. The Hall–Kier alpha value is -2.08. The summed E-state index contributed by atoms with van der Waals surface area (Å²) in [4.78, 5) is 24.4. The molecule has 2 aromatic rings. The highest BCUT2D eigenvalue weighted by atomic mass is 32.2. The molecule has 1 saturated heterocycles. The van der Waals surface area contributed by atoms with Crippen molar-refractivity contribution >= 4 is 23.6 Å². The highest BCUT2D eigenvalue weighted by molar-refractivity contribution is 7.99. The Kier molecular flexibility index (Phi) is 6.68. The molecular weight excluding hydrogens is 332 g/mol. The first-order chi connectivity index (χ1) is 12.3. The SMILES string of the molecule is O=C(NCCCSc1ccccc1)C1CCCN(c2ncccn2)C1. The average molecular weight is 356 g/mol. The van der Waals surface area contributed by atoms with E-state index in [0.29, 0.717) is 6.54 Å². The summed E-state index contributed by atoms with van der Waals surface area (Å²) in [5.74, 6) is 1.92. The van der Waals surface area contributed by atoms with E-state index in [4.69, 9.17) is 0 Å². The molecule has 25 heavy (non-hydrogen) atoms. The van der Waals surface area contributed by atoms with Crippen LogP contribution in [0.5, 0.6) is 0 Å². The number of anilines is 1. The Bertz CT molecular complexity index is 653. The topological polar surface area (TPSA) is 58.1 Å². The van der Waals surface area contributed by atoms with E-state index >= 15 is 0 Å². The summed E-state index contributed by atoms with van der Waals surface area (Å²) in [6.07, 6.45) is 6.41. The number of amides is 1. The Labute approximate surface area is 153 Å². The number of nitrogens with zero attached hydrogens (tertiary/aromatic N) is 3. The van der Waals surface area contributed by atoms with Gasteiger partial charge in [0, 0.05) is 36.9 Å². The number of hydrogen-bond donors (Lipinski definition) is 1. The summed E-state index contributed by atoms with van der Waals surface area (Å²) < 4.78 is 0. The van der Waals surface area contributed by atoms with Gasteiger partial charge in [0.25, 0.3) is 0 Å². The Morgan fingerprint density at radius 3 is 2.80 bits per heavy atom. The van der Waals surface area contributed by atoms with Gasteiger partial charge in [0.15, 0.2) is 0 Å². The van der Waals surface area contributed by atoms with E-state index in [1.54, 1.807) is 12.4 Å². The maximum absolute atomic E-state index is 12.4. The van der Waals surface area contributed by atoms with Crippen molar-refractivity contribution in [2.24, 2.45) is 5.92 Å². The van der Waals surface area contributed by atoms with Gasteiger partial charge >= 0.3 is 0 Å². The smallest absolute Gasteiger partial charge is 0.225 e. The average Bonchev–Trinajstić information content (AvgIpc) is 2.69. The molecule has 6 heteroatoms. The predicted molar refractivity (Wildman–Crippen MR) is 102 cm³/mol. The van der Waals surface area contributed by atoms with E-state index in [0.717, 1.165) is 44.1 Å². The van der Waals surface area contributed by atoms with Crippen molar-refractivity contribution in [3.05, 3.63) is 48.8 Å². The van der Waals surface area contributed by atoms with Crippen molar-refractivity contribution in [3.8, 4) is 0 Å². The zero-order valence-corrected chi connectivity index (χ0v) is 15.1. The van der Waals surface area contributed by atoms with Crippen LogP contribution in [0.1, 0.15) is 19.3 Å². The van der Waals surface area contributed by atoms with Gasteiger partial charge < -0.3 is 10.2 Å². The van der Waals surface area contributed by atoms with Gasteiger partial charge in [-0.25, -0.2) is 9.97 Å². The molecule has 1 aromatic carbocycles. The molecule has 3 rings (SSSR count). The van der Waals surface area contributed by atoms with E-state index in [1.807, 2.05) is 23.9 Å². The van der Waals surface area contributed by atoms with Crippen LogP contribution >= 0.6 is 11.8 Å². The quantitative estimate of drug-likeness (QED) is 0.610. The second-order valence-electron chi connectivity index (χ2n) is 6.14. The number of nitrogens with one attached hydrogen (secondary N) is 1. The minimum atomic E-state index is 0.0272. The zero-order chi connectivity index (χ0) is 17.3. The van der Waals surface area contributed by atoms with Gasteiger partial charge in [-0.1, -0.05) is 18.2 Å². The second-order valence-corrected chi connectivity index (χ2v) is 7.31. The van der Waals surface area contributed by atoms with Crippen LogP contribution in [-0.4, -0.2) is 41.3 Å². The fraction of sp³-hybridized carbons (Fsp3) is 0.421. The Morgan fingerprint density at radius 1 is 1.20 bits per heavy atom. The van der Waals surface area contributed by atoms with Crippen LogP contribution in [0.15, 0.2) is 53.7 Å². The van der Waals surface area contributed by atoms with Crippen molar-refractivity contribution in [1.29, 1.82) is 0 Å². The van der Waals surface area contributed by atoms with Gasteiger partial charge in [0.05, 0.1) is 5.92 Å². The Morgan fingerprint density at radius 2 is 2.00 bits per heavy atom. The van der Waals surface area contributed by atoms with Crippen molar-refractivity contribution in [2.45, 2.75) is 24.2 Å². The standard InChI is InChI=1S/C19H24N4OS/c24-18(20-12-6-14-25-17-8-2-1-3-9-17)16-7-4-13-23(15-16)19-21-10-5-11-22-19/h1-3,5,8-11,16H,4,6-7,12-15H2,(H,20,24). The lowest BCUT2D eigenvalue weighted by Gasteiger charge is -2.31. The van der Waals surface area contributed by atoms with Crippen LogP contribution in [0.3, 0.4) is 0 Å². The van der Waals surface area contributed by atoms with E-state index in [9.17, 15) is 4.79 Å². The molecule has 1 aromatic heterocycles. The fourth-order valence-corrected chi connectivity index (χ4v) is 3.84. The monoisotopic (exact) mass is 356 g/mol. The van der Waals surface area contributed by atoms with Crippen molar-refractivity contribution in [3.63, 3.8) is 0 Å². The molecule has 1 N–H and O–H groups in total. The molecule has 1 fully saturated rings. The van der Waals surface area contributed by atoms with Gasteiger partial charge in [0.1, 0.15) is 0 Å². The molecule has 0 spiro atoms.